The van der Waals surface area contributed by atoms with E-state index >= 15 is 0 Å². The molecule has 1 aliphatic heterocycles. The van der Waals surface area contributed by atoms with Crippen molar-refractivity contribution in [1.82, 2.24) is 14.5 Å². The number of benzene rings is 3. The minimum absolute atomic E-state index is 0.0571. The zero-order valence-electron chi connectivity index (χ0n) is 28.5. The summed E-state index contributed by atoms with van der Waals surface area (Å²) < 4.78 is 13.9. The number of halogens is 1. The summed E-state index contributed by atoms with van der Waals surface area (Å²) in [6, 6.07) is 23.1. The second kappa shape index (κ2) is 17.6. The molecule has 0 spiro atoms. The lowest BCUT2D eigenvalue weighted by atomic mass is 9.89. The molecule has 3 heterocycles. The molecular formula is C38H37ClN4O8S. The van der Waals surface area contributed by atoms with Gasteiger partial charge in [-0.3, -0.25) is 19.1 Å². The predicted octanol–water partition coefficient (Wildman–Crippen LogP) is 6.70. The SMILES string of the molecule is COc1cc(-n2cnc3cc(-c4ccc(Cl)cc4)sc3c2=O)ccc1OCCN1CCC(c2cccc(NC(C)=O)c2)CC1.O=C(O)/C=C\C(=O)O. The van der Waals surface area contributed by atoms with Crippen LogP contribution in [0.4, 0.5) is 5.69 Å². The quantitative estimate of drug-likeness (QED) is 0.124. The monoisotopic (exact) mass is 744 g/mol. The van der Waals surface area contributed by atoms with Crippen molar-refractivity contribution < 1.29 is 34.1 Å². The summed E-state index contributed by atoms with van der Waals surface area (Å²) in [4.78, 5) is 51.9. The molecular weight excluding hydrogens is 708 g/mol. The minimum atomic E-state index is -1.26. The summed E-state index contributed by atoms with van der Waals surface area (Å²) in [5, 5.41) is 19.2. The fraction of sp³-hybridized carbons (Fsp3) is 0.237. The third kappa shape index (κ3) is 10.1. The third-order valence-electron chi connectivity index (χ3n) is 8.29. The van der Waals surface area contributed by atoms with Gasteiger partial charge in [0.1, 0.15) is 17.6 Å². The van der Waals surface area contributed by atoms with E-state index in [9.17, 15) is 19.2 Å². The topological polar surface area (TPSA) is 160 Å². The first-order chi connectivity index (χ1) is 25.0. The van der Waals surface area contributed by atoms with Gasteiger partial charge >= 0.3 is 11.9 Å². The van der Waals surface area contributed by atoms with Crippen LogP contribution in [0.3, 0.4) is 0 Å². The van der Waals surface area contributed by atoms with Gasteiger partial charge in [0.25, 0.3) is 5.56 Å². The number of nitrogens with zero attached hydrogens (tertiary/aromatic N) is 3. The van der Waals surface area contributed by atoms with Crippen molar-refractivity contribution in [3.63, 3.8) is 0 Å². The van der Waals surface area contributed by atoms with Gasteiger partial charge in [0.2, 0.25) is 5.91 Å². The minimum Gasteiger partial charge on any atom is -0.493 e. The van der Waals surface area contributed by atoms with E-state index in [1.54, 1.807) is 19.5 Å². The Morgan fingerprint density at radius 2 is 1.69 bits per heavy atom. The molecule has 0 unspecified atom stereocenters. The van der Waals surface area contributed by atoms with Crippen LogP contribution in [0.15, 0.2) is 96.1 Å². The van der Waals surface area contributed by atoms with Crippen LogP contribution in [0.25, 0.3) is 26.3 Å². The molecule has 1 aliphatic rings. The Labute approximate surface area is 308 Å². The van der Waals surface area contributed by atoms with Crippen LogP contribution in [0.2, 0.25) is 5.02 Å². The van der Waals surface area contributed by atoms with E-state index in [-0.39, 0.29) is 11.5 Å². The van der Waals surface area contributed by atoms with Gasteiger partial charge in [-0.2, -0.15) is 0 Å². The number of rotatable bonds is 11. The van der Waals surface area contributed by atoms with E-state index in [4.69, 9.17) is 31.3 Å². The molecule has 1 saturated heterocycles. The third-order valence-corrected chi connectivity index (χ3v) is 9.70. The fourth-order valence-electron chi connectivity index (χ4n) is 5.77. The number of anilines is 1. The molecule has 14 heteroatoms. The average Bonchev–Trinajstić information content (AvgIpc) is 3.57. The van der Waals surface area contributed by atoms with Gasteiger partial charge in [0, 0.05) is 47.3 Å². The van der Waals surface area contributed by atoms with Crippen LogP contribution in [0, 0.1) is 0 Å². The van der Waals surface area contributed by atoms with Crippen molar-refractivity contribution in [3.05, 3.63) is 112 Å². The highest BCUT2D eigenvalue weighted by Gasteiger charge is 2.21. The number of thiophene rings is 1. The van der Waals surface area contributed by atoms with Crippen molar-refractivity contribution in [3.8, 4) is 27.6 Å². The second-order valence-electron chi connectivity index (χ2n) is 11.9. The summed E-state index contributed by atoms with van der Waals surface area (Å²) >= 11 is 7.45. The van der Waals surface area contributed by atoms with Crippen molar-refractivity contribution in [2.24, 2.45) is 0 Å². The van der Waals surface area contributed by atoms with E-state index in [0.717, 1.165) is 48.6 Å². The molecule has 1 amide bonds. The summed E-state index contributed by atoms with van der Waals surface area (Å²) in [5.41, 5.74) is 4.29. The van der Waals surface area contributed by atoms with E-state index in [2.05, 4.69) is 27.3 Å². The lowest BCUT2D eigenvalue weighted by Crippen LogP contribution is -2.35. The van der Waals surface area contributed by atoms with Gasteiger partial charge in [0.15, 0.2) is 11.5 Å². The summed E-state index contributed by atoms with van der Waals surface area (Å²) in [5.74, 6) is -0.911. The van der Waals surface area contributed by atoms with Crippen LogP contribution in [0.1, 0.15) is 31.2 Å². The molecule has 0 bridgehead atoms. The largest absolute Gasteiger partial charge is 0.493 e. The molecule has 0 aliphatic carbocycles. The van der Waals surface area contributed by atoms with E-state index in [1.807, 2.05) is 54.6 Å². The number of carbonyl (C=O) groups excluding carboxylic acids is 1. The number of amides is 1. The van der Waals surface area contributed by atoms with Gasteiger partial charge in [-0.15, -0.1) is 11.3 Å². The zero-order valence-corrected chi connectivity index (χ0v) is 30.0. The molecule has 3 N–H and O–H groups in total. The number of methoxy groups -OCH3 is 1. The number of carboxylic acids is 2. The summed E-state index contributed by atoms with van der Waals surface area (Å²) in [7, 11) is 1.60. The van der Waals surface area contributed by atoms with Gasteiger partial charge < -0.3 is 25.0 Å². The zero-order chi connectivity index (χ0) is 37.2. The van der Waals surface area contributed by atoms with Crippen LogP contribution in [-0.4, -0.2) is 75.9 Å². The number of nitrogens with one attached hydrogen (secondary N) is 1. The van der Waals surface area contributed by atoms with E-state index < -0.39 is 11.9 Å². The first-order valence-corrected chi connectivity index (χ1v) is 17.5. The highest BCUT2D eigenvalue weighted by atomic mass is 35.5. The number of fused-ring (bicyclic) bond motifs is 1. The number of piperidine rings is 1. The Hall–Kier alpha value is -5.50. The highest BCUT2D eigenvalue weighted by molar-refractivity contribution is 7.22. The number of carbonyl (C=O) groups is 3. The molecule has 0 saturated carbocycles. The maximum absolute atomic E-state index is 13.4. The Balaban J connectivity index is 0.000000587. The van der Waals surface area contributed by atoms with Gasteiger partial charge in [0.05, 0.1) is 18.3 Å². The Morgan fingerprint density at radius 3 is 2.35 bits per heavy atom. The average molecular weight is 745 g/mol. The number of aliphatic carboxylic acids is 2. The van der Waals surface area contributed by atoms with Crippen molar-refractivity contribution in [2.75, 3.05) is 38.7 Å². The van der Waals surface area contributed by atoms with Crippen molar-refractivity contribution in [2.45, 2.75) is 25.7 Å². The number of hydrogen-bond acceptors (Lipinski definition) is 9. The summed E-state index contributed by atoms with van der Waals surface area (Å²) in [6.07, 6.45) is 4.78. The van der Waals surface area contributed by atoms with Crippen LogP contribution in [-0.2, 0) is 14.4 Å². The number of aromatic nitrogens is 2. The summed E-state index contributed by atoms with van der Waals surface area (Å²) in [6.45, 7) is 4.82. The van der Waals surface area contributed by atoms with Crippen molar-refractivity contribution in [1.29, 1.82) is 0 Å². The van der Waals surface area contributed by atoms with E-state index in [1.165, 1.54) is 28.4 Å². The molecule has 12 nitrogen and oxygen atoms in total. The smallest absolute Gasteiger partial charge is 0.328 e. The molecule has 1 fully saturated rings. The van der Waals surface area contributed by atoms with Crippen LogP contribution in [0.5, 0.6) is 11.5 Å². The van der Waals surface area contributed by atoms with Crippen LogP contribution < -0.4 is 20.3 Å². The first-order valence-electron chi connectivity index (χ1n) is 16.3. The lowest BCUT2D eigenvalue weighted by molar-refractivity contribution is -0.134. The highest BCUT2D eigenvalue weighted by Crippen LogP contribution is 2.33. The number of hydrogen-bond donors (Lipinski definition) is 3. The normalized spacial score (nSPS) is 13.4. The Bertz CT molecular complexity index is 2120. The Kier molecular flexibility index (Phi) is 12.8. The van der Waals surface area contributed by atoms with Gasteiger partial charge in [-0.25, -0.2) is 14.6 Å². The number of ether oxygens (including phenoxy) is 2. The molecule has 3 aromatic carbocycles. The van der Waals surface area contributed by atoms with Crippen LogP contribution >= 0.6 is 22.9 Å². The molecule has 5 aromatic rings. The van der Waals surface area contributed by atoms with E-state index in [0.29, 0.717) is 57.1 Å². The molecule has 0 atom stereocenters. The van der Waals surface area contributed by atoms with Gasteiger partial charge in [-0.05, 0) is 85.4 Å². The fourth-order valence-corrected chi connectivity index (χ4v) is 6.94. The molecule has 2 aromatic heterocycles. The van der Waals surface area contributed by atoms with Gasteiger partial charge in [-0.1, -0.05) is 35.9 Å². The molecule has 6 rings (SSSR count). The molecule has 270 valence electrons. The van der Waals surface area contributed by atoms with Crippen molar-refractivity contribution >= 4 is 56.7 Å². The lowest BCUT2D eigenvalue weighted by Gasteiger charge is -2.32. The maximum atomic E-state index is 13.4. The number of likely N-dealkylation sites (tertiary alicyclic amines) is 1. The second-order valence-corrected chi connectivity index (χ2v) is 13.4. The molecule has 52 heavy (non-hydrogen) atoms. The maximum Gasteiger partial charge on any atom is 0.328 e. The number of carboxylic acid groups (broad SMARTS) is 2. The predicted molar refractivity (Wildman–Crippen MR) is 201 cm³/mol. The Morgan fingerprint density at radius 1 is 0.981 bits per heavy atom. The molecule has 0 radical (unpaired) electrons. The standard InChI is InChI=1S/C34H33ClN4O4S.C4H4O4/c1-22(40)37-27-5-3-4-25(18-27)23-12-14-38(15-13-23)16-17-43-30-11-10-28(19-31(30)42-2)39-21-36-29-20-32(44-33(29)34(39)41)24-6-8-26(35)9-7-24;5-3(6)1-2-4(7)8/h3-11,18-21,23H,12-17H2,1-2H3,(H,37,40);1-2H,(H,5,6)(H,7,8)/b;2-1-. The first kappa shape index (κ1) is 37.7.